The van der Waals surface area contributed by atoms with Gasteiger partial charge in [-0.05, 0) is 73.0 Å². The van der Waals surface area contributed by atoms with Gasteiger partial charge in [-0.3, -0.25) is 9.97 Å². The van der Waals surface area contributed by atoms with E-state index in [-0.39, 0.29) is 6.61 Å². The number of aryl methyl sites for hydroxylation is 1. The lowest BCUT2D eigenvalue weighted by molar-refractivity contribution is -0.139. The van der Waals surface area contributed by atoms with Gasteiger partial charge in [0, 0.05) is 34.0 Å². The molecule has 0 spiro atoms. The molecule has 0 bridgehead atoms. The summed E-state index contributed by atoms with van der Waals surface area (Å²) in [5.74, 6) is 1.03. The third kappa shape index (κ3) is 7.70. The first kappa shape index (κ1) is 29.6. The molecule has 2 aromatic heterocycles. The lowest BCUT2D eigenvalue weighted by Gasteiger charge is -2.18. The standard InChI is InChI=1S/C36H32N2O4S/c1-3-41-34(24-43-30-18-19-33(25(2)22-30)42-23-35(39)40)36(28-14-10-26(11-15-28)31-8-4-6-20-37-31)29-16-12-27(13-17-29)32-9-5-7-21-38-32/h4-22H,3,23-24H2,1-2H3,(H,39,40). The number of benzene rings is 3. The Balaban J connectivity index is 1.50. The zero-order valence-corrected chi connectivity index (χ0v) is 24.9. The molecule has 7 heteroatoms. The van der Waals surface area contributed by atoms with E-state index >= 15 is 0 Å². The molecule has 0 fully saturated rings. The molecule has 0 aliphatic rings. The number of pyridine rings is 2. The average molecular weight is 589 g/mol. The molecule has 2 heterocycles. The summed E-state index contributed by atoms with van der Waals surface area (Å²) in [6.07, 6.45) is 3.60. The van der Waals surface area contributed by atoms with E-state index in [0.717, 1.165) is 55.4 Å². The van der Waals surface area contributed by atoms with Crippen molar-refractivity contribution < 1.29 is 19.4 Å². The van der Waals surface area contributed by atoms with Crippen LogP contribution in [0.1, 0.15) is 23.6 Å². The van der Waals surface area contributed by atoms with E-state index in [2.05, 4.69) is 58.5 Å². The van der Waals surface area contributed by atoms with Gasteiger partial charge in [0.15, 0.2) is 6.61 Å². The monoisotopic (exact) mass is 588 g/mol. The molecule has 6 nitrogen and oxygen atoms in total. The lowest BCUT2D eigenvalue weighted by Crippen LogP contribution is -2.10. The van der Waals surface area contributed by atoms with E-state index in [1.165, 1.54) is 0 Å². The number of thioether (sulfide) groups is 1. The van der Waals surface area contributed by atoms with Crippen molar-refractivity contribution in [3.63, 3.8) is 0 Å². The first-order valence-corrected chi connectivity index (χ1v) is 15.0. The van der Waals surface area contributed by atoms with Crippen LogP contribution in [0.25, 0.3) is 28.1 Å². The predicted octanol–water partition coefficient (Wildman–Crippen LogP) is 8.17. The Morgan fingerprint density at radius 3 is 1.84 bits per heavy atom. The maximum Gasteiger partial charge on any atom is 0.341 e. The Labute approximate surface area is 256 Å². The Kier molecular flexibility index (Phi) is 9.87. The molecule has 3 aromatic carbocycles. The molecule has 0 aliphatic heterocycles. The van der Waals surface area contributed by atoms with Crippen LogP contribution < -0.4 is 4.74 Å². The SMILES string of the molecule is CCOC(CSc1ccc(OCC(=O)O)c(C)c1)=C(c1ccc(-c2ccccn2)cc1)c1ccc(-c2ccccn2)cc1. The summed E-state index contributed by atoms with van der Waals surface area (Å²) in [6.45, 7) is 4.07. The van der Waals surface area contributed by atoms with Crippen LogP contribution in [-0.4, -0.2) is 40.0 Å². The minimum atomic E-state index is -1.00. The summed E-state index contributed by atoms with van der Waals surface area (Å²) in [4.78, 5) is 20.9. The first-order valence-electron chi connectivity index (χ1n) is 14.0. The molecule has 43 heavy (non-hydrogen) atoms. The van der Waals surface area contributed by atoms with Crippen LogP contribution in [0.5, 0.6) is 5.75 Å². The molecule has 0 radical (unpaired) electrons. The Morgan fingerprint density at radius 2 is 1.37 bits per heavy atom. The second-order valence-electron chi connectivity index (χ2n) is 9.71. The number of hydrogen-bond donors (Lipinski definition) is 1. The van der Waals surface area contributed by atoms with Crippen molar-refractivity contribution >= 4 is 23.3 Å². The van der Waals surface area contributed by atoms with E-state index < -0.39 is 5.97 Å². The molecule has 5 aromatic rings. The highest BCUT2D eigenvalue weighted by Gasteiger charge is 2.16. The van der Waals surface area contributed by atoms with Crippen LogP contribution >= 0.6 is 11.8 Å². The van der Waals surface area contributed by atoms with Crippen LogP contribution in [0.4, 0.5) is 0 Å². The molecule has 5 rings (SSSR count). The van der Waals surface area contributed by atoms with Gasteiger partial charge in [-0.15, -0.1) is 11.8 Å². The van der Waals surface area contributed by atoms with Gasteiger partial charge in [0.1, 0.15) is 11.5 Å². The van der Waals surface area contributed by atoms with Crippen LogP contribution in [0, 0.1) is 6.92 Å². The van der Waals surface area contributed by atoms with Gasteiger partial charge in [0.25, 0.3) is 0 Å². The highest BCUT2D eigenvalue weighted by molar-refractivity contribution is 7.99. The summed E-state index contributed by atoms with van der Waals surface area (Å²) in [6, 6.07) is 34.4. The van der Waals surface area contributed by atoms with E-state index in [4.69, 9.17) is 14.6 Å². The summed E-state index contributed by atoms with van der Waals surface area (Å²) in [7, 11) is 0. The van der Waals surface area contributed by atoms with Crippen LogP contribution in [0.2, 0.25) is 0 Å². The largest absolute Gasteiger partial charge is 0.497 e. The Morgan fingerprint density at radius 1 is 0.791 bits per heavy atom. The maximum absolute atomic E-state index is 10.9. The van der Waals surface area contributed by atoms with Gasteiger partial charge < -0.3 is 14.6 Å². The minimum absolute atomic E-state index is 0.369. The van der Waals surface area contributed by atoms with E-state index in [1.807, 2.05) is 68.4 Å². The topological polar surface area (TPSA) is 81.5 Å². The quantitative estimate of drug-likeness (QED) is 0.116. The Bertz CT molecular complexity index is 1600. The number of aliphatic carboxylic acids is 1. The normalized spacial score (nSPS) is 10.7. The fourth-order valence-electron chi connectivity index (χ4n) is 4.69. The molecule has 0 unspecified atom stereocenters. The van der Waals surface area contributed by atoms with Crippen molar-refractivity contribution in [2.75, 3.05) is 19.0 Å². The summed E-state index contributed by atoms with van der Waals surface area (Å²) >= 11 is 1.66. The second-order valence-corrected chi connectivity index (χ2v) is 10.8. The van der Waals surface area contributed by atoms with Crippen LogP contribution in [0.3, 0.4) is 0 Å². The van der Waals surface area contributed by atoms with Gasteiger partial charge >= 0.3 is 5.97 Å². The van der Waals surface area contributed by atoms with Gasteiger partial charge in [-0.1, -0.05) is 60.7 Å². The number of carboxylic acids is 1. The van der Waals surface area contributed by atoms with Crippen molar-refractivity contribution in [3.05, 3.63) is 138 Å². The van der Waals surface area contributed by atoms with Crippen LogP contribution in [-0.2, 0) is 9.53 Å². The highest BCUT2D eigenvalue weighted by Crippen LogP contribution is 2.34. The third-order valence-corrected chi connectivity index (χ3v) is 7.73. The van der Waals surface area contributed by atoms with Gasteiger partial charge in [-0.25, -0.2) is 4.79 Å². The summed E-state index contributed by atoms with van der Waals surface area (Å²) in [5.41, 5.74) is 7.92. The number of nitrogens with zero attached hydrogens (tertiary/aromatic N) is 2. The average Bonchev–Trinajstić information content (AvgIpc) is 3.05. The molecule has 0 saturated heterocycles. The predicted molar refractivity (Wildman–Crippen MR) is 172 cm³/mol. The van der Waals surface area contributed by atoms with Gasteiger partial charge in [0.2, 0.25) is 0 Å². The van der Waals surface area contributed by atoms with E-state index in [1.54, 1.807) is 24.2 Å². The smallest absolute Gasteiger partial charge is 0.341 e. The summed E-state index contributed by atoms with van der Waals surface area (Å²) in [5, 5.41) is 8.95. The van der Waals surface area contributed by atoms with Crippen molar-refractivity contribution in [3.8, 4) is 28.3 Å². The van der Waals surface area contributed by atoms with E-state index in [0.29, 0.717) is 18.1 Å². The van der Waals surface area contributed by atoms with Gasteiger partial charge in [0.05, 0.1) is 23.7 Å². The molecule has 216 valence electrons. The fourth-order valence-corrected chi connectivity index (χ4v) is 5.64. The van der Waals surface area contributed by atoms with Crippen LogP contribution in [0.15, 0.2) is 126 Å². The van der Waals surface area contributed by atoms with Crippen molar-refractivity contribution in [1.82, 2.24) is 9.97 Å². The highest BCUT2D eigenvalue weighted by atomic mass is 32.2. The zero-order valence-electron chi connectivity index (χ0n) is 24.1. The number of hydrogen-bond acceptors (Lipinski definition) is 6. The first-order chi connectivity index (χ1) is 21.0. The number of carbonyl (C=O) groups is 1. The van der Waals surface area contributed by atoms with Crippen molar-refractivity contribution in [2.45, 2.75) is 18.7 Å². The minimum Gasteiger partial charge on any atom is -0.497 e. The molecule has 0 saturated carbocycles. The lowest BCUT2D eigenvalue weighted by atomic mass is 9.94. The number of ether oxygens (including phenoxy) is 2. The van der Waals surface area contributed by atoms with E-state index in [9.17, 15) is 4.79 Å². The molecular weight excluding hydrogens is 556 g/mol. The molecule has 0 amide bonds. The molecular formula is C36H32N2O4S. The second kappa shape index (κ2) is 14.3. The molecule has 0 aliphatic carbocycles. The third-order valence-electron chi connectivity index (χ3n) is 6.73. The number of rotatable bonds is 12. The summed E-state index contributed by atoms with van der Waals surface area (Å²) < 4.78 is 11.7. The fraction of sp³-hybridized carbons (Fsp3) is 0.139. The zero-order chi connectivity index (χ0) is 30.0. The van der Waals surface area contributed by atoms with Gasteiger partial charge in [-0.2, -0.15) is 0 Å². The Hall–Kier alpha value is -4.88. The molecule has 0 atom stereocenters. The van der Waals surface area contributed by atoms with Crippen molar-refractivity contribution in [1.29, 1.82) is 0 Å². The number of aromatic nitrogens is 2. The van der Waals surface area contributed by atoms with Crippen molar-refractivity contribution in [2.24, 2.45) is 0 Å². The molecule has 1 N–H and O–H groups in total. The maximum atomic E-state index is 10.9. The number of carboxylic acid groups (broad SMARTS) is 1.